The third-order valence-corrected chi connectivity index (χ3v) is 6.19. The van der Waals surface area contributed by atoms with E-state index in [0.717, 1.165) is 50.4 Å². The number of aromatic amines is 1. The van der Waals surface area contributed by atoms with Gasteiger partial charge < -0.3 is 19.7 Å². The SMILES string of the molecule is O=CO.c1ccc2c3c([nH]c2c1)C1(CCN(c2cncc4nccn24)CC1)OCC3. The number of H-pyrrole nitrogens is 1. The number of piperidine rings is 1. The molecule has 5 heterocycles. The Labute approximate surface area is 173 Å². The molecule has 4 aromatic rings. The summed E-state index contributed by atoms with van der Waals surface area (Å²) in [7, 11) is 0. The molecule has 154 valence electrons. The quantitative estimate of drug-likeness (QED) is 0.473. The van der Waals surface area contributed by atoms with Crippen LogP contribution in [0.4, 0.5) is 5.82 Å². The van der Waals surface area contributed by atoms with Gasteiger partial charge in [-0.2, -0.15) is 0 Å². The van der Waals surface area contributed by atoms with Crippen molar-refractivity contribution in [3.8, 4) is 0 Å². The molecule has 0 unspecified atom stereocenters. The van der Waals surface area contributed by atoms with Gasteiger partial charge in [-0.3, -0.25) is 14.2 Å². The molecule has 0 amide bonds. The number of nitrogens with one attached hydrogen (secondary N) is 1. The highest BCUT2D eigenvalue weighted by Gasteiger charge is 2.43. The van der Waals surface area contributed by atoms with Gasteiger partial charge in [0.2, 0.25) is 0 Å². The van der Waals surface area contributed by atoms with E-state index in [9.17, 15) is 0 Å². The summed E-state index contributed by atoms with van der Waals surface area (Å²) < 4.78 is 8.54. The Morgan fingerprint density at radius 3 is 2.83 bits per heavy atom. The van der Waals surface area contributed by atoms with Crippen molar-refractivity contribution >= 4 is 28.8 Å². The summed E-state index contributed by atoms with van der Waals surface area (Å²) in [6.07, 6.45) is 10.5. The Morgan fingerprint density at radius 1 is 1.20 bits per heavy atom. The van der Waals surface area contributed by atoms with E-state index >= 15 is 0 Å². The first kappa shape index (κ1) is 18.6. The van der Waals surface area contributed by atoms with E-state index in [-0.39, 0.29) is 12.1 Å². The lowest BCUT2D eigenvalue weighted by molar-refractivity contribution is -0.122. The summed E-state index contributed by atoms with van der Waals surface area (Å²) in [5, 5.41) is 8.24. The van der Waals surface area contributed by atoms with Crippen LogP contribution in [0.5, 0.6) is 0 Å². The van der Waals surface area contributed by atoms with Crippen molar-refractivity contribution in [1.29, 1.82) is 0 Å². The first-order valence-electron chi connectivity index (χ1n) is 10.1. The van der Waals surface area contributed by atoms with Crippen LogP contribution in [-0.4, -0.2) is 50.6 Å². The van der Waals surface area contributed by atoms with Crippen molar-refractivity contribution in [1.82, 2.24) is 19.4 Å². The maximum atomic E-state index is 8.36. The number of imidazole rings is 1. The maximum Gasteiger partial charge on any atom is 0.290 e. The molecular weight excluding hydrogens is 382 g/mol. The van der Waals surface area contributed by atoms with Crippen LogP contribution in [0, 0.1) is 0 Å². The standard InChI is InChI=1S/C21H21N5O.CH2O2/c1-2-4-17-15(3-1)16-5-12-27-21(20(16)24-17)6-9-25(10-7-21)19-14-22-13-18-23-8-11-26(18)19;2-1-3/h1-4,8,11,13-14,24H,5-7,9-10,12H2;1H,(H,2,3). The fraction of sp³-hybridized carbons (Fsp3) is 0.318. The molecule has 8 heteroatoms. The lowest BCUT2D eigenvalue weighted by Gasteiger charge is -2.44. The van der Waals surface area contributed by atoms with Gasteiger partial charge in [-0.15, -0.1) is 0 Å². The topological polar surface area (TPSA) is 95.8 Å². The molecule has 1 saturated heterocycles. The van der Waals surface area contributed by atoms with Crippen molar-refractivity contribution in [3.63, 3.8) is 0 Å². The fourth-order valence-corrected chi connectivity index (χ4v) is 4.83. The molecule has 1 fully saturated rings. The van der Waals surface area contributed by atoms with Crippen molar-refractivity contribution < 1.29 is 14.6 Å². The molecule has 30 heavy (non-hydrogen) atoms. The average Bonchev–Trinajstić information content (AvgIpc) is 3.41. The molecule has 2 aliphatic heterocycles. The largest absolute Gasteiger partial charge is 0.483 e. The van der Waals surface area contributed by atoms with Gasteiger partial charge in [0.1, 0.15) is 11.4 Å². The second-order valence-electron chi connectivity index (χ2n) is 7.63. The van der Waals surface area contributed by atoms with Crippen LogP contribution in [-0.2, 0) is 21.6 Å². The Morgan fingerprint density at radius 2 is 2.00 bits per heavy atom. The normalized spacial score (nSPS) is 17.5. The summed E-state index contributed by atoms with van der Waals surface area (Å²) in [4.78, 5) is 23.2. The van der Waals surface area contributed by atoms with Gasteiger partial charge in [0.05, 0.1) is 24.7 Å². The minimum atomic E-state index is -0.250. The molecule has 0 bridgehead atoms. The van der Waals surface area contributed by atoms with Crippen molar-refractivity contribution in [2.24, 2.45) is 0 Å². The van der Waals surface area contributed by atoms with Crippen LogP contribution in [0.1, 0.15) is 24.1 Å². The number of aromatic nitrogens is 4. The molecule has 2 aliphatic rings. The van der Waals surface area contributed by atoms with Crippen molar-refractivity contribution in [3.05, 3.63) is 60.3 Å². The van der Waals surface area contributed by atoms with Crippen molar-refractivity contribution in [2.45, 2.75) is 24.9 Å². The van der Waals surface area contributed by atoms with E-state index in [1.54, 1.807) is 6.20 Å². The number of ether oxygens (including phenoxy) is 1. The van der Waals surface area contributed by atoms with E-state index in [1.807, 2.05) is 18.6 Å². The van der Waals surface area contributed by atoms with Gasteiger partial charge in [-0.05, 0) is 30.9 Å². The second-order valence-corrected chi connectivity index (χ2v) is 7.63. The zero-order chi connectivity index (χ0) is 20.6. The van der Waals surface area contributed by atoms with Gasteiger partial charge in [-0.25, -0.2) is 4.98 Å². The summed E-state index contributed by atoms with van der Waals surface area (Å²) in [6, 6.07) is 8.62. The second kappa shape index (κ2) is 7.46. The number of carboxylic acid groups (broad SMARTS) is 1. The molecule has 0 radical (unpaired) electrons. The van der Waals surface area contributed by atoms with E-state index in [4.69, 9.17) is 14.6 Å². The molecular formula is C22H23N5O3. The highest BCUT2D eigenvalue weighted by Crippen LogP contribution is 2.44. The first-order valence-corrected chi connectivity index (χ1v) is 10.1. The van der Waals surface area contributed by atoms with Gasteiger partial charge in [0.15, 0.2) is 5.65 Å². The number of hydrogen-bond donors (Lipinski definition) is 2. The van der Waals surface area contributed by atoms with Crippen LogP contribution >= 0.6 is 0 Å². The molecule has 0 aliphatic carbocycles. The van der Waals surface area contributed by atoms with E-state index in [0.29, 0.717) is 0 Å². The Balaban J connectivity index is 0.000000609. The number of rotatable bonds is 1. The number of carbonyl (C=O) groups is 1. The summed E-state index contributed by atoms with van der Waals surface area (Å²) in [6.45, 7) is 2.43. The van der Waals surface area contributed by atoms with Crippen LogP contribution < -0.4 is 4.90 Å². The smallest absolute Gasteiger partial charge is 0.290 e. The number of hydrogen-bond acceptors (Lipinski definition) is 5. The monoisotopic (exact) mass is 405 g/mol. The Bertz CT molecular complexity index is 1190. The molecule has 1 aromatic carbocycles. The number of nitrogens with zero attached hydrogens (tertiary/aromatic N) is 4. The molecule has 8 nitrogen and oxygen atoms in total. The van der Waals surface area contributed by atoms with Crippen LogP contribution in [0.25, 0.3) is 16.6 Å². The average molecular weight is 405 g/mol. The lowest BCUT2D eigenvalue weighted by Crippen LogP contribution is -2.47. The molecule has 1 spiro atoms. The fourth-order valence-electron chi connectivity index (χ4n) is 4.83. The van der Waals surface area contributed by atoms with Crippen LogP contribution in [0.2, 0.25) is 0 Å². The number of para-hydroxylation sites is 1. The molecule has 3 aromatic heterocycles. The Hall–Kier alpha value is -3.39. The molecule has 2 N–H and O–H groups in total. The maximum absolute atomic E-state index is 8.36. The highest BCUT2D eigenvalue weighted by atomic mass is 16.5. The first-order chi connectivity index (χ1) is 14.8. The van der Waals surface area contributed by atoms with Gasteiger partial charge in [-0.1, -0.05) is 18.2 Å². The van der Waals surface area contributed by atoms with Gasteiger partial charge in [0, 0.05) is 36.4 Å². The van der Waals surface area contributed by atoms with E-state index in [2.05, 4.69) is 48.5 Å². The van der Waals surface area contributed by atoms with Crippen LogP contribution in [0.15, 0.2) is 49.1 Å². The minimum Gasteiger partial charge on any atom is -0.483 e. The Kier molecular flexibility index (Phi) is 4.63. The number of benzene rings is 1. The predicted molar refractivity (Wildman–Crippen MR) is 113 cm³/mol. The van der Waals surface area contributed by atoms with Gasteiger partial charge >= 0.3 is 0 Å². The number of fused-ring (bicyclic) bond motifs is 5. The van der Waals surface area contributed by atoms with E-state index < -0.39 is 0 Å². The van der Waals surface area contributed by atoms with Gasteiger partial charge in [0.25, 0.3) is 6.47 Å². The summed E-state index contributed by atoms with van der Waals surface area (Å²) in [5.41, 5.74) is 4.67. The lowest BCUT2D eigenvalue weighted by atomic mass is 9.83. The zero-order valence-corrected chi connectivity index (χ0v) is 16.5. The minimum absolute atomic E-state index is 0.195. The summed E-state index contributed by atoms with van der Waals surface area (Å²) >= 11 is 0. The third kappa shape index (κ3) is 2.91. The number of anilines is 1. The third-order valence-electron chi connectivity index (χ3n) is 6.19. The summed E-state index contributed by atoms with van der Waals surface area (Å²) in [5.74, 6) is 1.10. The van der Waals surface area contributed by atoms with E-state index in [1.165, 1.54) is 22.2 Å². The molecule has 0 atom stereocenters. The van der Waals surface area contributed by atoms with Crippen molar-refractivity contribution in [2.75, 3.05) is 24.6 Å². The molecule has 6 rings (SSSR count). The highest BCUT2D eigenvalue weighted by molar-refractivity contribution is 5.85. The predicted octanol–water partition coefficient (Wildman–Crippen LogP) is 2.98. The zero-order valence-electron chi connectivity index (χ0n) is 16.5. The van der Waals surface area contributed by atoms with Crippen LogP contribution in [0.3, 0.4) is 0 Å². The molecule has 0 saturated carbocycles.